The number of amides is 1. The summed E-state index contributed by atoms with van der Waals surface area (Å²) in [6, 6.07) is 3.89. The summed E-state index contributed by atoms with van der Waals surface area (Å²) in [4.78, 5) is 14.8. The van der Waals surface area contributed by atoms with Crippen LogP contribution in [0.3, 0.4) is 0 Å². The molecule has 1 amide bonds. The van der Waals surface area contributed by atoms with Crippen molar-refractivity contribution < 1.29 is 4.79 Å². The lowest BCUT2D eigenvalue weighted by Gasteiger charge is -2.34. The summed E-state index contributed by atoms with van der Waals surface area (Å²) in [5.74, 6) is -0.00829. The number of hydrogen-bond acceptors (Lipinski definition) is 3. The molecule has 6 heteroatoms. The molecule has 0 aromatic carbocycles. The predicted molar refractivity (Wildman–Crippen MR) is 83.5 cm³/mol. The molecule has 0 spiro atoms. The van der Waals surface area contributed by atoms with E-state index in [9.17, 15) is 4.79 Å². The Kier molecular flexibility index (Phi) is 3.76. The first-order chi connectivity index (χ1) is 10.5. The van der Waals surface area contributed by atoms with E-state index in [0.717, 1.165) is 37.2 Å². The number of rotatable bonds is 2. The SMILES string of the molecule is CC(C)(C)c1cc(C(=O)N2CCCC[C@H]2c2ccn[nH]2)n[nH]1. The Labute approximate surface area is 130 Å². The number of carbonyl (C=O) groups is 1. The highest BCUT2D eigenvalue weighted by Crippen LogP contribution is 2.31. The third-order valence-corrected chi connectivity index (χ3v) is 4.25. The molecule has 6 nitrogen and oxygen atoms in total. The summed E-state index contributed by atoms with van der Waals surface area (Å²) in [6.45, 7) is 7.06. The zero-order valence-electron chi connectivity index (χ0n) is 13.4. The van der Waals surface area contributed by atoms with Crippen LogP contribution in [0.5, 0.6) is 0 Å². The fourth-order valence-corrected chi connectivity index (χ4v) is 2.91. The number of piperidine rings is 1. The number of hydrogen-bond donors (Lipinski definition) is 2. The van der Waals surface area contributed by atoms with Crippen molar-refractivity contribution in [1.29, 1.82) is 0 Å². The molecular weight excluding hydrogens is 278 g/mol. The molecule has 2 aromatic rings. The van der Waals surface area contributed by atoms with Crippen molar-refractivity contribution in [3.05, 3.63) is 35.4 Å². The van der Waals surface area contributed by atoms with E-state index in [1.807, 2.05) is 17.0 Å². The molecule has 3 heterocycles. The van der Waals surface area contributed by atoms with Crippen LogP contribution in [-0.4, -0.2) is 37.7 Å². The summed E-state index contributed by atoms with van der Waals surface area (Å²) in [5, 5.41) is 14.2. The van der Waals surface area contributed by atoms with Gasteiger partial charge in [-0.05, 0) is 31.4 Å². The Morgan fingerprint density at radius 1 is 1.32 bits per heavy atom. The van der Waals surface area contributed by atoms with E-state index in [1.165, 1.54) is 0 Å². The van der Waals surface area contributed by atoms with Crippen LogP contribution in [0.2, 0.25) is 0 Å². The topological polar surface area (TPSA) is 77.7 Å². The molecule has 0 unspecified atom stereocenters. The molecule has 0 aliphatic carbocycles. The maximum atomic E-state index is 12.9. The van der Waals surface area contributed by atoms with Gasteiger partial charge in [-0.1, -0.05) is 20.8 Å². The Hall–Kier alpha value is -2.11. The van der Waals surface area contributed by atoms with E-state index in [2.05, 4.69) is 41.2 Å². The molecule has 22 heavy (non-hydrogen) atoms. The van der Waals surface area contributed by atoms with Gasteiger partial charge < -0.3 is 4.90 Å². The Morgan fingerprint density at radius 2 is 2.14 bits per heavy atom. The van der Waals surface area contributed by atoms with Gasteiger partial charge in [0.15, 0.2) is 0 Å². The van der Waals surface area contributed by atoms with Gasteiger partial charge in [0, 0.05) is 23.9 Å². The van der Waals surface area contributed by atoms with Crippen molar-refractivity contribution in [2.24, 2.45) is 0 Å². The molecule has 1 aliphatic heterocycles. The van der Waals surface area contributed by atoms with Gasteiger partial charge in [-0.2, -0.15) is 10.2 Å². The van der Waals surface area contributed by atoms with Gasteiger partial charge in [0.25, 0.3) is 5.91 Å². The number of likely N-dealkylation sites (tertiary alicyclic amines) is 1. The van der Waals surface area contributed by atoms with Crippen molar-refractivity contribution in [3.63, 3.8) is 0 Å². The van der Waals surface area contributed by atoms with E-state index < -0.39 is 0 Å². The zero-order chi connectivity index (χ0) is 15.7. The minimum atomic E-state index is -0.0454. The van der Waals surface area contributed by atoms with Crippen LogP contribution in [0.25, 0.3) is 0 Å². The monoisotopic (exact) mass is 301 g/mol. The van der Waals surface area contributed by atoms with Gasteiger partial charge in [-0.3, -0.25) is 15.0 Å². The number of nitrogens with one attached hydrogen (secondary N) is 2. The number of nitrogens with zero attached hydrogens (tertiary/aromatic N) is 3. The molecule has 3 rings (SSSR count). The summed E-state index contributed by atoms with van der Waals surface area (Å²) in [5.41, 5.74) is 2.43. The second kappa shape index (κ2) is 5.59. The summed E-state index contributed by atoms with van der Waals surface area (Å²) < 4.78 is 0. The Balaban J connectivity index is 1.84. The maximum Gasteiger partial charge on any atom is 0.274 e. The second-order valence-corrected chi connectivity index (χ2v) is 6.94. The van der Waals surface area contributed by atoms with Crippen LogP contribution in [0.4, 0.5) is 0 Å². The van der Waals surface area contributed by atoms with E-state index >= 15 is 0 Å². The van der Waals surface area contributed by atoms with E-state index in [1.54, 1.807) is 6.20 Å². The third-order valence-electron chi connectivity index (χ3n) is 4.25. The Bertz CT molecular complexity index is 638. The maximum absolute atomic E-state index is 12.9. The van der Waals surface area contributed by atoms with Crippen LogP contribution < -0.4 is 0 Å². The average Bonchev–Trinajstić information content (AvgIpc) is 3.17. The van der Waals surface area contributed by atoms with Crippen LogP contribution in [0.15, 0.2) is 18.3 Å². The summed E-state index contributed by atoms with van der Waals surface area (Å²) in [7, 11) is 0. The fourth-order valence-electron chi connectivity index (χ4n) is 2.91. The lowest BCUT2D eigenvalue weighted by atomic mass is 9.92. The average molecular weight is 301 g/mol. The largest absolute Gasteiger partial charge is 0.329 e. The summed E-state index contributed by atoms with van der Waals surface area (Å²) in [6.07, 6.45) is 4.86. The molecular formula is C16H23N5O. The lowest BCUT2D eigenvalue weighted by molar-refractivity contribution is 0.0600. The molecule has 0 bridgehead atoms. The van der Waals surface area contributed by atoms with Gasteiger partial charge in [-0.15, -0.1) is 0 Å². The molecule has 1 saturated heterocycles. The molecule has 118 valence electrons. The molecule has 2 N–H and O–H groups in total. The number of H-pyrrole nitrogens is 2. The highest BCUT2D eigenvalue weighted by Gasteiger charge is 2.31. The highest BCUT2D eigenvalue weighted by molar-refractivity contribution is 5.92. The lowest BCUT2D eigenvalue weighted by Crippen LogP contribution is -2.38. The van der Waals surface area contributed by atoms with Gasteiger partial charge in [0.1, 0.15) is 5.69 Å². The van der Waals surface area contributed by atoms with Crippen LogP contribution in [0.1, 0.15) is 68.0 Å². The Morgan fingerprint density at radius 3 is 2.77 bits per heavy atom. The predicted octanol–water partition coefficient (Wildman–Crippen LogP) is 2.80. The molecule has 1 atom stereocenters. The van der Waals surface area contributed by atoms with Crippen molar-refractivity contribution >= 4 is 5.91 Å². The summed E-state index contributed by atoms with van der Waals surface area (Å²) >= 11 is 0. The number of carbonyl (C=O) groups excluding carboxylic acids is 1. The first kappa shape index (κ1) is 14.8. The van der Waals surface area contributed by atoms with E-state index in [4.69, 9.17) is 0 Å². The molecule has 0 saturated carbocycles. The van der Waals surface area contributed by atoms with E-state index in [0.29, 0.717) is 5.69 Å². The smallest absolute Gasteiger partial charge is 0.274 e. The minimum absolute atomic E-state index is 0.00829. The fraction of sp³-hybridized carbons (Fsp3) is 0.562. The van der Waals surface area contributed by atoms with Gasteiger partial charge in [0.2, 0.25) is 0 Å². The third kappa shape index (κ3) is 2.77. The quantitative estimate of drug-likeness (QED) is 0.895. The van der Waals surface area contributed by atoms with Crippen molar-refractivity contribution in [2.45, 2.75) is 51.5 Å². The zero-order valence-corrected chi connectivity index (χ0v) is 13.4. The van der Waals surface area contributed by atoms with E-state index in [-0.39, 0.29) is 17.4 Å². The first-order valence-electron chi connectivity index (χ1n) is 7.83. The van der Waals surface area contributed by atoms with Crippen LogP contribution in [0, 0.1) is 0 Å². The molecule has 2 aromatic heterocycles. The second-order valence-electron chi connectivity index (χ2n) is 6.94. The van der Waals surface area contributed by atoms with Crippen molar-refractivity contribution in [1.82, 2.24) is 25.3 Å². The van der Waals surface area contributed by atoms with Crippen molar-refractivity contribution in [2.75, 3.05) is 6.54 Å². The van der Waals surface area contributed by atoms with Gasteiger partial charge in [0.05, 0.1) is 11.7 Å². The number of aromatic amines is 2. The van der Waals surface area contributed by atoms with Gasteiger partial charge in [-0.25, -0.2) is 0 Å². The highest BCUT2D eigenvalue weighted by atomic mass is 16.2. The molecule has 1 fully saturated rings. The molecule has 1 aliphatic rings. The molecule has 0 radical (unpaired) electrons. The minimum Gasteiger partial charge on any atom is -0.329 e. The van der Waals surface area contributed by atoms with Crippen LogP contribution in [-0.2, 0) is 5.41 Å². The van der Waals surface area contributed by atoms with Gasteiger partial charge >= 0.3 is 0 Å². The normalized spacial score (nSPS) is 19.4. The van der Waals surface area contributed by atoms with Crippen molar-refractivity contribution in [3.8, 4) is 0 Å². The first-order valence-corrected chi connectivity index (χ1v) is 7.83. The van der Waals surface area contributed by atoms with Crippen LogP contribution >= 0.6 is 0 Å². The standard InChI is InChI=1S/C16H23N5O/c1-16(2,3)14-10-12(19-20-14)15(22)21-9-5-4-6-13(21)11-7-8-17-18-11/h7-8,10,13H,4-6,9H2,1-3H3,(H,17,18)(H,19,20)/t13-/m0/s1. The number of aromatic nitrogens is 4.